The molecule has 0 aromatic carbocycles. The molecule has 0 saturated heterocycles. The maximum absolute atomic E-state index is 2.44. The van der Waals surface area contributed by atoms with Crippen molar-refractivity contribution in [2.75, 3.05) is 0 Å². The van der Waals surface area contributed by atoms with Gasteiger partial charge in [-0.1, -0.05) is 38.8 Å². The van der Waals surface area contributed by atoms with Gasteiger partial charge in [-0.3, -0.25) is 0 Å². The van der Waals surface area contributed by atoms with Gasteiger partial charge in [-0.05, 0) is 56.1 Å². The van der Waals surface area contributed by atoms with Crippen molar-refractivity contribution < 1.29 is 0 Å². The summed E-state index contributed by atoms with van der Waals surface area (Å²) in [5.74, 6) is 0. The molecule has 0 nitrogen and oxygen atoms in total. The molecule has 0 aromatic heterocycles. The molecule has 0 unspecified atom stereocenters. The lowest BCUT2D eigenvalue weighted by Crippen LogP contribution is -2.61. The van der Waals surface area contributed by atoms with E-state index in [1.807, 2.05) is 0 Å². The lowest BCUT2D eigenvalue weighted by atomic mass is 9.35. The molecule has 1 fully saturated rings. The van der Waals surface area contributed by atoms with Crippen LogP contribution in [0.15, 0.2) is 22.3 Å². The molecule has 0 bridgehead atoms. The average molecular weight is 218 g/mol. The SMILES string of the molecule is CC1=C(C)C2(C(C)=C1C)C(C)(C)CC2(C)C. The molecule has 0 atom stereocenters. The molecule has 1 saturated carbocycles. The zero-order valence-corrected chi connectivity index (χ0v) is 12.2. The predicted molar refractivity (Wildman–Crippen MR) is 71.4 cm³/mol. The van der Waals surface area contributed by atoms with Crippen LogP contribution in [0.1, 0.15) is 61.8 Å². The molecule has 0 amide bonds. The Balaban J connectivity index is 2.72. The first kappa shape index (κ1) is 12.0. The van der Waals surface area contributed by atoms with E-state index >= 15 is 0 Å². The number of hydrogen-bond acceptors (Lipinski definition) is 0. The van der Waals surface area contributed by atoms with Crippen LogP contribution in [0.2, 0.25) is 0 Å². The van der Waals surface area contributed by atoms with Crippen LogP contribution in [-0.4, -0.2) is 0 Å². The highest BCUT2D eigenvalue weighted by Crippen LogP contribution is 2.76. The summed E-state index contributed by atoms with van der Waals surface area (Å²) in [7, 11) is 0. The Hall–Kier alpha value is -0.520. The topological polar surface area (TPSA) is 0 Å². The second-order valence-electron chi connectivity index (χ2n) is 7.19. The van der Waals surface area contributed by atoms with Crippen molar-refractivity contribution in [1.29, 1.82) is 0 Å². The highest BCUT2D eigenvalue weighted by atomic mass is 14.7. The van der Waals surface area contributed by atoms with Gasteiger partial charge >= 0.3 is 0 Å². The maximum Gasteiger partial charge on any atom is 0.0229 e. The molecule has 2 rings (SSSR count). The fourth-order valence-corrected chi connectivity index (χ4v) is 5.62. The molecule has 1 spiro atoms. The summed E-state index contributed by atoms with van der Waals surface area (Å²) in [6, 6.07) is 0. The van der Waals surface area contributed by atoms with Crippen molar-refractivity contribution in [1.82, 2.24) is 0 Å². The number of rotatable bonds is 0. The van der Waals surface area contributed by atoms with E-state index in [4.69, 9.17) is 0 Å². The van der Waals surface area contributed by atoms with E-state index in [1.165, 1.54) is 6.42 Å². The van der Waals surface area contributed by atoms with Gasteiger partial charge in [-0.25, -0.2) is 0 Å². The van der Waals surface area contributed by atoms with Gasteiger partial charge in [0.05, 0.1) is 0 Å². The molecule has 90 valence electrons. The van der Waals surface area contributed by atoms with Gasteiger partial charge in [-0.2, -0.15) is 0 Å². The van der Waals surface area contributed by atoms with E-state index in [1.54, 1.807) is 22.3 Å². The van der Waals surface area contributed by atoms with Gasteiger partial charge in [0.15, 0.2) is 0 Å². The van der Waals surface area contributed by atoms with E-state index in [0.717, 1.165) is 0 Å². The third kappa shape index (κ3) is 0.931. The Labute approximate surface area is 101 Å². The fraction of sp³-hybridized carbons (Fsp3) is 0.750. The molecule has 0 N–H and O–H groups in total. The zero-order chi connectivity index (χ0) is 12.5. The van der Waals surface area contributed by atoms with Crippen molar-refractivity contribution >= 4 is 0 Å². The summed E-state index contributed by atoms with van der Waals surface area (Å²) in [6.45, 7) is 19.1. The minimum atomic E-state index is 0.328. The van der Waals surface area contributed by atoms with Crippen LogP contribution < -0.4 is 0 Å². The summed E-state index contributed by atoms with van der Waals surface area (Å²) in [6.07, 6.45) is 1.33. The summed E-state index contributed by atoms with van der Waals surface area (Å²) >= 11 is 0. The summed E-state index contributed by atoms with van der Waals surface area (Å²) in [5.41, 5.74) is 7.51. The van der Waals surface area contributed by atoms with E-state index in [9.17, 15) is 0 Å². The van der Waals surface area contributed by atoms with Crippen LogP contribution in [0, 0.1) is 16.2 Å². The summed E-state index contributed by atoms with van der Waals surface area (Å²) in [4.78, 5) is 0. The van der Waals surface area contributed by atoms with Crippen molar-refractivity contribution in [3.63, 3.8) is 0 Å². The Morgan fingerprint density at radius 1 is 0.688 bits per heavy atom. The quantitative estimate of drug-likeness (QED) is 0.529. The molecule has 0 aromatic rings. The van der Waals surface area contributed by atoms with Crippen LogP contribution in [-0.2, 0) is 0 Å². The van der Waals surface area contributed by atoms with E-state index in [2.05, 4.69) is 55.4 Å². The molecule has 0 radical (unpaired) electrons. The van der Waals surface area contributed by atoms with Crippen LogP contribution in [0.4, 0.5) is 0 Å². The van der Waals surface area contributed by atoms with Crippen molar-refractivity contribution in [3.8, 4) is 0 Å². The third-order valence-electron chi connectivity index (χ3n) is 5.73. The van der Waals surface area contributed by atoms with Crippen LogP contribution in [0.25, 0.3) is 0 Å². The average Bonchev–Trinajstić information content (AvgIpc) is 2.28. The van der Waals surface area contributed by atoms with Crippen LogP contribution >= 0.6 is 0 Å². The third-order valence-corrected chi connectivity index (χ3v) is 5.73. The molecular weight excluding hydrogens is 192 g/mol. The van der Waals surface area contributed by atoms with Gasteiger partial charge in [0.25, 0.3) is 0 Å². The standard InChI is InChI=1S/C16H26/c1-10-11(2)13(4)16(12(10)3)14(5,6)9-15(16,7)8/h9H2,1-8H3. The van der Waals surface area contributed by atoms with Gasteiger partial charge in [0, 0.05) is 5.41 Å². The number of hydrogen-bond donors (Lipinski definition) is 0. The molecule has 2 aliphatic carbocycles. The normalized spacial score (nSPS) is 30.0. The Morgan fingerprint density at radius 2 is 1.00 bits per heavy atom. The lowest BCUT2D eigenvalue weighted by molar-refractivity contribution is -0.125. The maximum atomic E-state index is 2.44. The molecular formula is C16H26. The molecule has 0 heterocycles. The predicted octanol–water partition coefficient (Wildman–Crippen LogP) is 5.12. The second kappa shape index (κ2) is 2.83. The van der Waals surface area contributed by atoms with E-state index in [0.29, 0.717) is 16.2 Å². The first-order chi connectivity index (χ1) is 7.09. The largest absolute Gasteiger partial charge is 0.0588 e. The lowest BCUT2D eigenvalue weighted by Gasteiger charge is -2.68. The molecule has 0 aliphatic heterocycles. The monoisotopic (exact) mass is 218 g/mol. The molecule has 0 heteroatoms. The van der Waals surface area contributed by atoms with Gasteiger partial charge in [-0.15, -0.1) is 0 Å². The Morgan fingerprint density at radius 3 is 1.19 bits per heavy atom. The van der Waals surface area contributed by atoms with Crippen molar-refractivity contribution in [2.24, 2.45) is 16.2 Å². The first-order valence-electron chi connectivity index (χ1n) is 6.46. The fourth-order valence-electron chi connectivity index (χ4n) is 5.62. The van der Waals surface area contributed by atoms with Gasteiger partial charge in [0.1, 0.15) is 0 Å². The summed E-state index contributed by atoms with van der Waals surface area (Å²) in [5, 5.41) is 0. The smallest absolute Gasteiger partial charge is 0.0229 e. The Bertz CT molecular complexity index is 373. The second-order valence-corrected chi connectivity index (χ2v) is 7.19. The molecule has 2 aliphatic rings. The Kier molecular flexibility index (Phi) is 2.12. The zero-order valence-electron chi connectivity index (χ0n) is 12.2. The van der Waals surface area contributed by atoms with Crippen LogP contribution in [0.5, 0.6) is 0 Å². The minimum absolute atomic E-state index is 0.328. The van der Waals surface area contributed by atoms with Gasteiger partial charge < -0.3 is 0 Å². The first-order valence-corrected chi connectivity index (χ1v) is 6.46. The van der Waals surface area contributed by atoms with E-state index < -0.39 is 0 Å². The summed E-state index contributed by atoms with van der Waals surface area (Å²) < 4.78 is 0. The van der Waals surface area contributed by atoms with Crippen molar-refractivity contribution in [3.05, 3.63) is 22.3 Å². The molecule has 16 heavy (non-hydrogen) atoms. The van der Waals surface area contributed by atoms with Crippen LogP contribution in [0.3, 0.4) is 0 Å². The van der Waals surface area contributed by atoms with E-state index in [-0.39, 0.29) is 0 Å². The number of allylic oxidation sites excluding steroid dienone is 4. The van der Waals surface area contributed by atoms with Crippen molar-refractivity contribution in [2.45, 2.75) is 61.8 Å². The highest BCUT2D eigenvalue weighted by Gasteiger charge is 2.68. The van der Waals surface area contributed by atoms with Gasteiger partial charge in [0.2, 0.25) is 0 Å². The highest BCUT2D eigenvalue weighted by molar-refractivity contribution is 5.56. The minimum Gasteiger partial charge on any atom is -0.0588 e.